The predicted molar refractivity (Wildman–Crippen MR) is 74.7 cm³/mol. The molecule has 4 nitrogen and oxygen atoms in total. The van der Waals surface area contributed by atoms with Gasteiger partial charge in [0.15, 0.2) is 0 Å². The molecule has 0 unspecified atom stereocenters. The minimum atomic E-state index is 0.601. The molecule has 0 fully saturated rings. The summed E-state index contributed by atoms with van der Waals surface area (Å²) in [5.74, 6) is 1.49. The lowest BCUT2D eigenvalue weighted by Crippen LogP contribution is -2.13. The Morgan fingerprint density at radius 2 is 2.00 bits per heavy atom. The summed E-state index contributed by atoms with van der Waals surface area (Å²) in [6.45, 7) is 1.88. The molecule has 1 heterocycles. The number of nitriles is 1. The summed E-state index contributed by atoms with van der Waals surface area (Å²) in [4.78, 5) is 6.36. The van der Waals surface area contributed by atoms with Gasteiger partial charge in [-0.05, 0) is 31.2 Å². The van der Waals surface area contributed by atoms with Gasteiger partial charge in [0, 0.05) is 12.7 Å². The van der Waals surface area contributed by atoms with E-state index in [0.29, 0.717) is 5.56 Å². The minimum Gasteiger partial charge on any atom is -0.495 e. The van der Waals surface area contributed by atoms with Crippen LogP contribution < -0.4 is 9.64 Å². The second-order valence-electron chi connectivity index (χ2n) is 4.20. The largest absolute Gasteiger partial charge is 0.495 e. The molecule has 0 aliphatic rings. The lowest BCUT2D eigenvalue weighted by atomic mass is 10.2. The van der Waals surface area contributed by atoms with Crippen LogP contribution in [0.2, 0.25) is 0 Å². The van der Waals surface area contributed by atoms with Crippen LogP contribution >= 0.6 is 0 Å². The lowest BCUT2D eigenvalue weighted by Gasteiger charge is -2.21. The Morgan fingerprint density at radius 1 is 1.26 bits per heavy atom. The van der Waals surface area contributed by atoms with Crippen molar-refractivity contribution in [3.8, 4) is 11.8 Å². The van der Waals surface area contributed by atoms with Crippen molar-refractivity contribution in [1.82, 2.24) is 4.98 Å². The van der Waals surface area contributed by atoms with Gasteiger partial charge in [0.05, 0.1) is 24.4 Å². The van der Waals surface area contributed by atoms with Crippen molar-refractivity contribution in [3.05, 3.63) is 47.7 Å². The molecule has 2 aromatic rings. The van der Waals surface area contributed by atoms with Crippen molar-refractivity contribution in [2.45, 2.75) is 6.92 Å². The van der Waals surface area contributed by atoms with Gasteiger partial charge in [-0.2, -0.15) is 5.26 Å². The highest BCUT2D eigenvalue weighted by atomic mass is 16.5. The second kappa shape index (κ2) is 5.40. The van der Waals surface area contributed by atoms with Crippen LogP contribution in [0, 0.1) is 18.3 Å². The fraction of sp³-hybridized carbons (Fsp3) is 0.200. The number of hydrogen-bond donors (Lipinski definition) is 0. The Bertz CT molecular complexity index is 632. The van der Waals surface area contributed by atoms with Gasteiger partial charge in [0.1, 0.15) is 11.6 Å². The van der Waals surface area contributed by atoms with Crippen LogP contribution in [-0.2, 0) is 0 Å². The third kappa shape index (κ3) is 2.66. The highest BCUT2D eigenvalue weighted by Crippen LogP contribution is 2.31. The number of aryl methyl sites for hydroxylation is 1. The van der Waals surface area contributed by atoms with Crippen LogP contribution in [0.15, 0.2) is 36.4 Å². The molecular formula is C15H15N3O. The zero-order valence-electron chi connectivity index (χ0n) is 11.2. The first-order chi connectivity index (χ1) is 9.15. The first kappa shape index (κ1) is 12.9. The number of anilines is 2. The van der Waals surface area contributed by atoms with E-state index in [1.807, 2.05) is 43.1 Å². The molecule has 96 valence electrons. The molecule has 0 aliphatic carbocycles. The molecule has 0 atom stereocenters. The molecule has 1 aromatic heterocycles. The van der Waals surface area contributed by atoms with Gasteiger partial charge in [-0.1, -0.05) is 12.1 Å². The molecule has 4 heteroatoms. The van der Waals surface area contributed by atoms with Crippen molar-refractivity contribution in [2.75, 3.05) is 19.1 Å². The molecule has 0 amide bonds. The summed E-state index contributed by atoms with van der Waals surface area (Å²) in [5, 5.41) is 9.02. The van der Waals surface area contributed by atoms with Crippen LogP contribution in [0.4, 0.5) is 11.5 Å². The maximum Gasteiger partial charge on any atom is 0.142 e. The first-order valence-corrected chi connectivity index (χ1v) is 5.91. The van der Waals surface area contributed by atoms with Crippen molar-refractivity contribution >= 4 is 11.5 Å². The van der Waals surface area contributed by atoms with Crippen molar-refractivity contribution in [3.63, 3.8) is 0 Å². The number of methoxy groups -OCH3 is 1. The number of aromatic nitrogens is 1. The zero-order chi connectivity index (χ0) is 13.8. The molecule has 0 saturated heterocycles. The molecule has 19 heavy (non-hydrogen) atoms. The van der Waals surface area contributed by atoms with Gasteiger partial charge in [0.25, 0.3) is 0 Å². The van der Waals surface area contributed by atoms with Crippen LogP contribution in [0.3, 0.4) is 0 Å². The number of para-hydroxylation sites is 2. The number of hydrogen-bond acceptors (Lipinski definition) is 4. The van der Waals surface area contributed by atoms with Gasteiger partial charge in [-0.15, -0.1) is 0 Å². The van der Waals surface area contributed by atoms with Gasteiger partial charge in [0.2, 0.25) is 0 Å². The number of rotatable bonds is 3. The maximum atomic E-state index is 9.02. The molecule has 1 aromatic carbocycles. The standard InChI is InChI=1S/C15H15N3O/c1-11-8-12(10-16)9-15(17-11)18(2)13-6-4-5-7-14(13)19-3/h4-9H,1-3H3. The minimum absolute atomic E-state index is 0.601. The molecular weight excluding hydrogens is 238 g/mol. The summed E-state index contributed by atoms with van der Waals surface area (Å²) in [7, 11) is 3.54. The van der Waals surface area contributed by atoms with E-state index >= 15 is 0 Å². The van der Waals surface area contributed by atoms with Crippen LogP contribution in [0.25, 0.3) is 0 Å². The van der Waals surface area contributed by atoms with Crippen molar-refractivity contribution in [2.24, 2.45) is 0 Å². The Hall–Kier alpha value is -2.54. The summed E-state index contributed by atoms with van der Waals surface area (Å²) >= 11 is 0. The summed E-state index contributed by atoms with van der Waals surface area (Å²) in [6, 6.07) is 13.4. The Kier molecular flexibility index (Phi) is 3.67. The van der Waals surface area contributed by atoms with E-state index in [0.717, 1.165) is 22.9 Å². The molecule has 0 spiro atoms. The summed E-state index contributed by atoms with van der Waals surface area (Å²) in [6.07, 6.45) is 0. The van der Waals surface area contributed by atoms with Crippen LogP contribution in [0.1, 0.15) is 11.3 Å². The van der Waals surface area contributed by atoms with Crippen molar-refractivity contribution < 1.29 is 4.74 Å². The fourth-order valence-electron chi connectivity index (χ4n) is 1.92. The Balaban J connectivity index is 2.47. The fourth-order valence-corrected chi connectivity index (χ4v) is 1.92. The van der Waals surface area contributed by atoms with E-state index < -0.39 is 0 Å². The lowest BCUT2D eigenvalue weighted by molar-refractivity contribution is 0.415. The monoisotopic (exact) mass is 253 g/mol. The van der Waals surface area contributed by atoms with Gasteiger partial charge >= 0.3 is 0 Å². The molecule has 0 aliphatic heterocycles. The van der Waals surface area contributed by atoms with Crippen LogP contribution in [-0.4, -0.2) is 19.1 Å². The van der Waals surface area contributed by atoms with E-state index in [1.165, 1.54) is 0 Å². The number of pyridine rings is 1. The first-order valence-electron chi connectivity index (χ1n) is 5.91. The van der Waals surface area contributed by atoms with E-state index in [-0.39, 0.29) is 0 Å². The number of nitrogens with zero attached hydrogens (tertiary/aromatic N) is 3. The molecule has 0 bridgehead atoms. The average Bonchev–Trinajstić information content (AvgIpc) is 2.45. The number of ether oxygens (including phenoxy) is 1. The third-order valence-electron chi connectivity index (χ3n) is 2.86. The average molecular weight is 253 g/mol. The normalized spacial score (nSPS) is 9.79. The zero-order valence-corrected chi connectivity index (χ0v) is 11.2. The Labute approximate surface area is 112 Å². The molecule has 2 rings (SSSR count). The van der Waals surface area contributed by atoms with E-state index in [1.54, 1.807) is 19.2 Å². The molecule has 0 radical (unpaired) electrons. The van der Waals surface area contributed by atoms with Gasteiger partial charge in [-0.3, -0.25) is 0 Å². The van der Waals surface area contributed by atoms with E-state index in [9.17, 15) is 0 Å². The second-order valence-corrected chi connectivity index (χ2v) is 4.20. The van der Waals surface area contributed by atoms with E-state index in [4.69, 9.17) is 10.00 Å². The Morgan fingerprint density at radius 3 is 2.68 bits per heavy atom. The summed E-state index contributed by atoms with van der Waals surface area (Å²) < 4.78 is 5.34. The predicted octanol–water partition coefficient (Wildman–Crippen LogP) is 3.04. The number of benzene rings is 1. The topological polar surface area (TPSA) is 49.1 Å². The highest BCUT2D eigenvalue weighted by molar-refractivity contribution is 5.67. The maximum absolute atomic E-state index is 9.02. The SMILES string of the molecule is COc1ccccc1N(C)c1cc(C#N)cc(C)n1. The van der Waals surface area contributed by atoms with Crippen LogP contribution in [0.5, 0.6) is 5.75 Å². The molecule has 0 saturated carbocycles. The van der Waals surface area contributed by atoms with E-state index in [2.05, 4.69) is 11.1 Å². The van der Waals surface area contributed by atoms with Gasteiger partial charge in [-0.25, -0.2) is 4.98 Å². The smallest absolute Gasteiger partial charge is 0.142 e. The van der Waals surface area contributed by atoms with Crippen molar-refractivity contribution in [1.29, 1.82) is 5.26 Å². The highest BCUT2D eigenvalue weighted by Gasteiger charge is 2.11. The third-order valence-corrected chi connectivity index (χ3v) is 2.86. The quantitative estimate of drug-likeness (QED) is 0.843. The summed E-state index contributed by atoms with van der Waals surface area (Å²) in [5.41, 5.74) is 2.33. The molecule has 0 N–H and O–H groups in total. The van der Waals surface area contributed by atoms with Gasteiger partial charge < -0.3 is 9.64 Å².